The lowest BCUT2D eigenvalue weighted by atomic mass is 10.2. The van der Waals surface area contributed by atoms with Crippen LogP contribution >= 0.6 is 0 Å². The molecule has 128 valence electrons. The molecule has 0 N–H and O–H groups in total. The normalized spacial score (nSPS) is 10.7. The molecule has 0 bridgehead atoms. The Morgan fingerprint density at radius 1 is 0.846 bits per heavy atom. The third-order valence-electron chi connectivity index (χ3n) is 3.84. The van der Waals surface area contributed by atoms with Gasteiger partial charge < -0.3 is 9.47 Å². The smallest absolute Gasteiger partial charge is 0.230 e. The Hall–Kier alpha value is -3.47. The van der Waals surface area contributed by atoms with Crippen molar-refractivity contribution in [2.45, 2.75) is 6.92 Å². The lowest BCUT2D eigenvalue weighted by Crippen LogP contribution is -1.96. The van der Waals surface area contributed by atoms with Crippen molar-refractivity contribution in [3.8, 4) is 28.8 Å². The van der Waals surface area contributed by atoms with Crippen LogP contribution in [0.15, 0.2) is 73.1 Å². The summed E-state index contributed by atoms with van der Waals surface area (Å²) in [7, 11) is 0. The fraction of sp³-hybridized carbons (Fsp3) is 0.0952. The SMILES string of the molecule is CCOc1ccc(Oc2nc(-c3cccnc3)nc3ccccc23)cc1. The first kappa shape index (κ1) is 16.0. The Morgan fingerprint density at radius 2 is 1.65 bits per heavy atom. The molecule has 0 aliphatic carbocycles. The van der Waals surface area contributed by atoms with E-state index in [-0.39, 0.29) is 0 Å². The van der Waals surface area contributed by atoms with Gasteiger partial charge in [-0.2, -0.15) is 4.98 Å². The van der Waals surface area contributed by atoms with Gasteiger partial charge in [-0.25, -0.2) is 4.98 Å². The van der Waals surface area contributed by atoms with Crippen LogP contribution in [0.3, 0.4) is 0 Å². The minimum absolute atomic E-state index is 0.513. The zero-order valence-corrected chi connectivity index (χ0v) is 14.3. The van der Waals surface area contributed by atoms with Gasteiger partial charge in [0, 0.05) is 18.0 Å². The van der Waals surface area contributed by atoms with Crippen LogP contribution in [0.25, 0.3) is 22.3 Å². The first-order chi connectivity index (χ1) is 12.8. The number of rotatable bonds is 5. The molecule has 0 amide bonds. The van der Waals surface area contributed by atoms with E-state index >= 15 is 0 Å². The van der Waals surface area contributed by atoms with Crippen molar-refractivity contribution in [1.29, 1.82) is 0 Å². The molecule has 4 aromatic rings. The summed E-state index contributed by atoms with van der Waals surface area (Å²) in [6, 6.07) is 19.1. The van der Waals surface area contributed by atoms with Crippen molar-refractivity contribution in [1.82, 2.24) is 15.0 Å². The van der Waals surface area contributed by atoms with Gasteiger partial charge in [0.15, 0.2) is 5.82 Å². The summed E-state index contributed by atoms with van der Waals surface area (Å²) in [5.41, 5.74) is 1.66. The lowest BCUT2D eigenvalue weighted by Gasteiger charge is -2.10. The van der Waals surface area contributed by atoms with E-state index < -0.39 is 0 Å². The maximum Gasteiger partial charge on any atom is 0.230 e. The van der Waals surface area contributed by atoms with Gasteiger partial charge in [-0.1, -0.05) is 12.1 Å². The van der Waals surface area contributed by atoms with E-state index in [1.54, 1.807) is 12.4 Å². The highest BCUT2D eigenvalue weighted by atomic mass is 16.5. The van der Waals surface area contributed by atoms with Crippen LogP contribution in [-0.2, 0) is 0 Å². The second-order valence-electron chi connectivity index (χ2n) is 5.62. The molecule has 4 rings (SSSR count). The van der Waals surface area contributed by atoms with Gasteiger partial charge in [-0.15, -0.1) is 0 Å². The molecule has 0 aliphatic heterocycles. The summed E-state index contributed by atoms with van der Waals surface area (Å²) in [4.78, 5) is 13.4. The summed E-state index contributed by atoms with van der Waals surface area (Å²) < 4.78 is 11.5. The van der Waals surface area contributed by atoms with Crippen molar-refractivity contribution in [3.63, 3.8) is 0 Å². The number of para-hydroxylation sites is 1. The quantitative estimate of drug-likeness (QED) is 0.517. The number of nitrogens with zero attached hydrogens (tertiary/aromatic N) is 3. The van der Waals surface area contributed by atoms with Crippen molar-refractivity contribution in [2.75, 3.05) is 6.61 Å². The summed E-state index contributed by atoms with van der Waals surface area (Å²) in [5.74, 6) is 2.59. The fourth-order valence-corrected chi connectivity index (χ4v) is 2.63. The second kappa shape index (κ2) is 7.19. The predicted octanol–water partition coefficient (Wildman–Crippen LogP) is 4.88. The molecule has 0 spiro atoms. The average molecular weight is 343 g/mol. The monoisotopic (exact) mass is 343 g/mol. The third kappa shape index (κ3) is 3.32. The summed E-state index contributed by atoms with van der Waals surface area (Å²) >= 11 is 0. The minimum atomic E-state index is 0.513. The van der Waals surface area contributed by atoms with Gasteiger partial charge in [0.2, 0.25) is 5.88 Å². The number of fused-ring (bicyclic) bond motifs is 1. The van der Waals surface area contributed by atoms with Crippen molar-refractivity contribution in [3.05, 3.63) is 73.1 Å². The highest BCUT2D eigenvalue weighted by Gasteiger charge is 2.11. The molecule has 0 fully saturated rings. The molecule has 0 radical (unpaired) electrons. The molecule has 2 aromatic carbocycles. The fourth-order valence-electron chi connectivity index (χ4n) is 2.63. The zero-order chi connectivity index (χ0) is 17.8. The molecule has 0 saturated heterocycles. The van der Waals surface area contributed by atoms with Crippen LogP contribution in [0.5, 0.6) is 17.4 Å². The van der Waals surface area contributed by atoms with E-state index in [0.29, 0.717) is 24.1 Å². The maximum atomic E-state index is 6.06. The largest absolute Gasteiger partial charge is 0.494 e. The maximum absolute atomic E-state index is 6.06. The highest BCUT2D eigenvalue weighted by Crippen LogP contribution is 2.30. The third-order valence-corrected chi connectivity index (χ3v) is 3.84. The number of hydrogen-bond donors (Lipinski definition) is 0. The number of aromatic nitrogens is 3. The second-order valence-corrected chi connectivity index (χ2v) is 5.62. The minimum Gasteiger partial charge on any atom is -0.494 e. The van der Waals surface area contributed by atoms with Crippen molar-refractivity contribution >= 4 is 10.9 Å². The van der Waals surface area contributed by atoms with E-state index in [1.165, 1.54) is 0 Å². The van der Waals surface area contributed by atoms with E-state index in [0.717, 1.165) is 22.2 Å². The molecule has 0 aliphatic rings. The molecule has 26 heavy (non-hydrogen) atoms. The Balaban J connectivity index is 1.75. The van der Waals surface area contributed by atoms with Crippen molar-refractivity contribution in [2.24, 2.45) is 0 Å². The van der Waals surface area contributed by atoms with Crippen LogP contribution in [0.2, 0.25) is 0 Å². The van der Waals surface area contributed by atoms with Gasteiger partial charge in [0.1, 0.15) is 11.5 Å². The first-order valence-corrected chi connectivity index (χ1v) is 8.41. The van der Waals surface area contributed by atoms with Crippen LogP contribution in [0, 0.1) is 0 Å². The van der Waals surface area contributed by atoms with E-state index in [9.17, 15) is 0 Å². The summed E-state index contributed by atoms with van der Waals surface area (Å²) in [6.07, 6.45) is 3.46. The molecule has 2 aromatic heterocycles. The average Bonchev–Trinajstić information content (AvgIpc) is 2.70. The Morgan fingerprint density at radius 3 is 2.42 bits per heavy atom. The predicted molar refractivity (Wildman–Crippen MR) is 100 cm³/mol. The molecular formula is C21H17N3O2. The number of benzene rings is 2. The highest BCUT2D eigenvalue weighted by molar-refractivity contribution is 5.85. The standard InChI is InChI=1S/C21H17N3O2/c1-2-25-16-9-11-17(12-10-16)26-21-18-7-3-4-8-19(18)23-20(24-21)15-6-5-13-22-14-15/h3-14H,2H2,1H3. The van der Waals surface area contributed by atoms with Gasteiger partial charge in [-0.05, 0) is 55.5 Å². The van der Waals surface area contributed by atoms with Crippen LogP contribution < -0.4 is 9.47 Å². The zero-order valence-electron chi connectivity index (χ0n) is 14.3. The molecule has 5 heteroatoms. The van der Waals surface area contributed by atoms with Crippen LogP contribution in [0.1, 0.15) is 6.92 Å². The molecular weight excluding hydrogens is 326 g/mol. The van der Waals surface area contributed by atoms with Gasteiger partial charge >= 0.3 is 0 Å². The molecule has 0 saturated carbocycles. The van der Waals surface area contributed by atoms with Gasteiger partial charge in [0.25, 0.3) is 0 Å². The lowest BCUT2D eigenvalue weighted by molar-refractivity contribution is 0.339. The summed E-state index contributed by atoms with van der Waals surface area (Å²) in [6.45, 7) is 2.59. The van der Waals surface area contributed by atoms with E-state index in [2.05, 4.69) is 15.0 Å². The van der Waals surface area contributed by atoms with Crippen molar-refractivity contribution < 1.29 is 9.47 Å². The van der Waals surface area contributed by atoms with Crippen LogP contribution in [0.4, 0.5) is 0 Å². The van der Waals surface area contributed by atoms with Gasteiger partial charge in [-0.3, -0.25) is 4.98 Å². The van der Waals surface area contributed by atoms with Gasteiger partial charge in [0.05, 0.1) is 17.5 Å². The topological polar surface area (TPSA) is 57.1 Å². The van der Waals surface area contributed by atoms with E-state index in [1.807, 2.05) is 67.6 Å². The van der Waals surface area contributed by atoms with Crippen LogP contribution in [-0.4, -0.2) is 21.6 Å². The molecule has 2 heterocycles. The number of ether oxygens (including phenoxy) is 2. The molecule has 5 nitrogen and oxygen atoms in total. The summed E-state index contributed by atoms with van der Waals surface area (Å²) in [5, 5.41) is 0.856. The Kier molecular flexibility index (Phi) is 4.43. The number of pyridine rings is 1. The Labute approximate surface area is 151 Å². The first-order valence-electron chi connectivity index (χ1n) is 8.41. The molecule has 0 atom stereocenters. The van der Waals surface area contributed by atoms with E-state index in [4.69, 9.17) is 9.47 Å². The molecule has 0 unspecified atom stereocenters. The Bertz CT molecular complexity index is 1020. The number of hydrogen-bond acceptors (Lipinski definition) is 5.